The third-order valence-corrected chi connectivity index (χ3v) is 4.33. The van der Waals surface area contributed by atoms with Crippen molar-refractivity contribution in [1.82, 2.24) is 0 Å². The molecule has 1 aromatic rings. The summed E-state index contributed by atoms with van der Waals surface area (Å²) in [5.41, 5.74) is 2.49. The van der Waals surface area contributed by atoms with Crippen molar-refractivity contribution in [2.75, 3.05) is 0 Å². The molecule has 0 aliphatic heterocycles. The van der Waals surface area contributed by atoms with Crippen LogP contribution >= 0.6 is 11.6 Å². The Morgan fingerprint density at radius 2 is 1.74 bits per heavy atom. The van der Waals surface area contributed by atoms with Crippen molar-refractivity contribution in [1.29, 1.82) is 0 Å². The third-order valence-electron chi connectivity index (χ3n) is 4.02. The summed E-state index contributed by atoms with van der Waals surface area (Å²) in [6.45, 7) is 3.86. The molecule has 19 heavy (non-hydrogen) atoms. The molecule has 1 aromatic carbocycles. The van der Waals surface area contributed by atoms with Crippen LogP contribution in [0.4, 0.5) is 0 Å². The van der Waals surface area contributed by atoms with Crippen LogP contribution in [0.25, 0.3) is 0 Å². The first-order chi connectivity index (χ1) is 8.91. The summed E-state index contributed by atoms with van der Waals surface area (Å²) in [5, 5.41) is 9.58. The summed E-state index contributed by atoms with van der Waals surface area (Å²) in [6.07, 6.45) is 2.00. The molecule has 0 bridgehead atoms. The van der Waals surface area contributed by atoms with Gasteiger partial charge in [0.2, 0.25) is 0 Å². The summed E-state index contributed by atoms with van der Waals surface area (Å²) in [5.74, 6) is -2.00. The van der Waals surface area contributed by atoms with Gasteiger partial charge >= 0.3 is 5.97 Å². The van der Waals surface area contributed by atoms with Gasteiger partial charge in [0, 0.05) is 11.5 Å². The van der Waals surface area contributed by atoms with Crippen LogP contribution in [0, 0.1) is 25.7 Å². The van der Waals surface area contributed by atoms with Gasteiger partial charge in [-0.25, -0.2) is 0 Å². The quantitative estimate of drug-likeness (QED) is 0.860. The van der Waals surface area contributed by atoms with Crippen LogP contribution in [0.5, 0.6) is 0 Å². The van der Waals surface area contributed by atoms with Crippen LogP contribution in [0.3, 0.4) is 0 Å². The fourth-order valence-electron chi connectivity index (χ4n) is 2.74. The fraction of sp³-hybridized carbons (Fsp3) is 0.467. The van der Waals surface area contributed by atoms with Crippen LogP contribution in [-0.4, -0.2) is 16.9 Å². The van der Waals surface area contributed by atoms with Crippen LogP contribution in [-0.2, 0) is 4.79 Å². The Kier molecular flexibility index (Phi) is 3.95. The van der Waals surface area contributed by atoms with Gasteiger partial charge in [-0.15, -0.1) is 0 Å². The second-order valence-corrected chi connectivity index (χ2v) is 5.67. The number of carboxylic acid groups (broad SMARTS) is 1. The third kappa shape index (κ3) is 2.66. The van der Waals surface area contributed by atoms with Gasteiger partial charge in [0.25, 0.3) is 0 Å². The molecular formula is C15H17ClO3. The maximum absolute atomic E-state index is 12.5. The SMILES string of the molecule is Cc1cc(Cl)c(C(=O)C2CCCC2C(=O)O)cc1C. The number of carbonyl (C=O) groups excluding carboxylic acids is 1. The molecule has 0 aromatic heterocycles. The van der Waals surface area contributed by atoms with E-state index in [0.29, 0.717) is 23.4 Å². The molecule has 2 rings (SSSR count). The zero-order valence-electron chi connectivity index (χ0n) is 11.1. The van der Waals surface area contributed by atoms with E-state index in [4.69, 9.17) is 16.7 Å². The molecule has 4 heteroatoms. The topological polar surface area (TPSA) is 54.4 Å². The van der Waals surface area contributed by atoms with Gasteiger partial charge < -0.3 is 5.11 Å². The minimum absolute atomic E-state index is 0.127. The summed E-state index contributed by atoms with van der Waals surface area (Å²) >= 11 is 6.13. The summed E-state index contributed by atoms with van der Waals surface area (Å²) in [7, 11) is 0. The van der Waals surface area contributed by atoms with E-state index in [0.717, 1.165) is 17.5 Å². The first-order valence-electron chi connectivity index (χ1n) is 6.45. The number of carboxylic acids is 1. The van der Waals surface area contributed by atoms with Gasteiger partial charge in [-0.3, -0.25) is 9.59 Å². The van der Waals surface area contributed by atoms with Crippen LogP contribution in [0.15, 0.2) is 12.1 Å². The van der Waals surface area contributed by atoms with Gasteiger partial charge in [-0.2, -0.15) is 0 Å². The van der Waals surface area contributed by atoms with Crippen molar-refractivity contribution in [3.63, 3.8) is 0 Å². The Morgan fingerprint density at radius 3 is 2.37 bits per heavy atom. The van der Waals surface area contributed by atoms with Gasteiger partial charge in [-0.05, 0) is 49.9 Å². The molecule has 0 amide bonds. The fourth-order valence-corrected chi connectivity index (χ4v) is 3.05. The molecule has 0 spiro atoms. The summed E-state index contributed by atoms with van der Waals surface area (Å²) in [4.78, 5) is 23.7. The average molecular weight is 281 g/mol. The molecule has 1 N–H and O–H groups in total. The smallest absolute Gasteiger partial charge is 0.307 e. The van der Waals surface area contributed by atoms with E-state index in [1.807, 2.05) is 13.8 Å². The molecule has 2 unspecified atom stereocenters. The second-order valence-electron chi connectivity index (χ2n) is 5.26. The molecule has 3 nitrogen and oxygen atoms in total. The average Bonchev–Trinajstić information content (AvgIpc) is 2.82. The first kappa shape index (κ1) is 14.1. The Balaban J connectivity index is 2.34. The Hall–Kier alpha value is -1.35. The number of aliphatic carboxylic acids is 1. The molecule has 2 atom stereocenters. The number of aryl methyl sites for hydroxylation is 2. The highest BCUT2D eigenvalue weighted by Gasteiger charge is 2.38. The van der Waals surface area contributed by atoms with Crippen molar-refractivity contribution in [2.45, 2.75) is 33.1 Å². The maximum Gasteiger partial charge on any atom is 0.307 e. The predicted molar refractivity (Wildman–Crippen MR) is 73.7 cm³/mol. The highest BCUT2D eigenvalue weighted by molar-refractivity contribution is 6.34. The normalized spacial score (nSPS) is 22.5. The van der Waals surface area contributed by atoms with Crippen LogP contribution < -0.4 is 0 Å². The lowest BCUT2D eigenvalue weighted by Gasteiger charge is -2.16. The second kappa shape index (κ2) is 5.33. The first-order valence-corrected chi connectivity index (χ1v) is 6.83. The van der Waals surface area contributed by atoms with E-state index in [2.05, 4.69) is 0 Å². The Labute approximate surface area is 117 Å². The number of hydrogen-bond donors (Lipinski definition) is 1. The van der Waals surface area contributed by atoms with E-state index in [1.54, 1.807) is 12.1 Å². The Morgan fingerprint density at radius 1 is 1.16 bits per heavy atom. The molecule has 0 saturated heterocycles. The monoisotopic (exact) mass is 280 g/mol. The minimum Gasteiger partial charge on any atom is -0.481 e. The number of ketones is 1. The van der Waals surface area contributed by atoms with Crippen molar-refractivity contribution >= 4 is 23.4 Å². The largest absolute Gasteiger partial charge is 0.481 e. The maximum atomic E-state index is 12.5. The molecule has 1 aliphatic rings. The molecule has 1 saturated carbocycles. The van der Waals surface area contributed by atoms with Crippen molar-refractivity contribution in [3.05, 3.63) is 33.8 Å². The van der Waals surface area contributed by atoms with E-state index in [-0.39, 0.29) is 5.78 Å². The van der Waals surface area contributed by atoms with Crippen LogP contribution in [0.1, 0.15) is 40.7 Å². The molecule has 0 radical (unpaired) electrons. The van der Waals surface area contributed by atoms with Crippen LogP contribution in [0.2, 0.25) is 5.02 Å². The van der Waals surface area contributed by atoms with Crippen molar-refractivity contribution < 1.29 is 14.7 Å². The number of rotatable bonds is 3. The lowest BCUT2D eigenvalue weighted by Crippen LogP contribution is -2.25. The zero-order chi connectivity index (χ0) is 14.2. The number of benzene rings is 1. The lowest BCUT2D eigenvalue weighted by molar-refractivity contribution is -0.142. The van der Waals surface area contributed by atoms with Gasteiger partial charge in [0.15, 0.2) is 5.78 Å². The standard InChI is InChI=1S/C15H17ClO3/c1-8-6-12(13(16)7-9(8)2)14(17)10-4-3-5-11(10)15(18)19/h6-7,10-11H,3-5H2,1-2H3,(H,18,19). The minimum atomic E-state index is -0.879. The summed E-state index contributed by atoms with van der Waals surface area (Å²) < 4.78 is 0. The van der Waals surface area contributed by atoms with Gasteiger partial charge in [0.1, 0.15) is 0 Å². The number of hydrogen-bond acceptors (Lipinski definition) is 2. The number of halogens is 1. The predicted octanol–water partition coefficient (Wildman–Crippen LogP) is 3.64. The van der Waals surface area contributed by atoms with E-state index >= 15 is 0 Å². The zero-order valence-corrected chi connectivity index (χ0v) is 11.8. The van der Waals surface area contributed by atoms with Crippen molar-refractivity contribution in [3.8, 4) is 0 Å². The number of carbonyl (C=O) groups is 2. The van der Waals surface area contributed by atoms with Gasteiger partial charge in [0.05, 0.1) is 10.9 Å². The van der Waals surface area contributed by atoms with E-state index in [9.17, 15) is 9.59 Å². The molecular weight excluding hydrogens is 264 g/mol. The molecule has 1 fully saturated rings. The van der Waals surface area contributed by atoms with E-state index < -0.39 is 17.8 Å². The summed E-state index contributed by atoms with van der Waals surface area (Å²) in [6, 6.07) is 3.55. The highest BCUT2D eigenvalue weighted by atomic mass is 35.5. The Bertz CT molecular complexity index is 536. The van der Waals surface area contributed by atoms with Gasteiger partial charge in [-0.1, -0.05) is 18.0 Å². The number of Topliss-reactive ketones (excluding diaryl/α,β-unsaturated/α-hetero) is 1. The van der Waals surface area contributed by atoms with E-state index in [1.165, 1.54) is 0 Å². The lowest BCUT2D eigenvalue weighted by atomic mass is 9.87. The van der Waals surface area contributed by atoms with Crippen molar-refractivity contribution in [2.24, 2.45) is 11.8 Å². The highest BCUT2D eigenvalue weighted by Crippen LogP contribution is 2.36. The molecule has 0 heterocycles. The molecule has 1 aliphatic carbocycles. The molecule has 102 valence electrons.